The Labute approximate surface area is 249 Å². The highest BCUT2D eigenvalue weighted by Gasteiger charge is 2.16. The molecule has 0 aliphatic carbocycles. The summed E-state index contributed by atoms with van der Waals surface area (Å²) in [7, 11) is -4.22. The summed E-state index contributed by atoms with van der Waals surface area (Å²) in [5.41, 5.74) is 0. The number of sulfonamides is 2. The Bertz CT molecular complexity index is 1440. The summed E-state index contributed by atoms with van der Waals surface area (Å²) in [6, 6.07) is 16.0. The van der Waals surface area contributed by atoms with Gasteiger partial charge in [0.15, 0.2) is 11.5 Å². The van der Waals surface area contributed by atoms with Gasteiger partial charge in [0.1, 0.15) is 13.2 Å². The maximum atomic E-state index is 12.1. The van der Waals surface area contributed by atoms with E-state index >= 15 is 0 Å². The number of nitrogens with zero attached hydrogens (tertiary/aromatic N) is 4. The van der Waals surface area contributed by atoms with Gasteiger partial charge in [0, 0.05) is 14.2 Å². The Hall–Kier alpha value is -4.42. The molecule has 0 fully saturated rings. The zero-order chi connectivity index (χ0) is 30.3. The van der Waals surface area contributed by atoms with Crippen molar-refractivity contribution in [2.24, 2.45) is 0 Å². The molecule has 0 spiro atoms. The Morgan fingerprint density at radius 1 is 0.558 bits per heavy atom. The van der Waals surface area contributed by atoms with Crippen LogP contribution < -0.4 is 18.9 Å². The van der Waals surface area contributed by atoms with Crippen LogP contribution in [-0.2, 0) is 29.5 Å². The molecule has 4 N–H and O–H groups in total. The molecule has 0 radical (unpaired) electrons. The molecule has 15 nitrogen and oxygen atoms in total. The SMILES string of the molecule is COCCOc1cnc(NS(=O)(=O)c2ccccc2)nc1.COCCOc1cnc(NS(=O)(=O)c2ccccc2)nc1.O. The molecular weight excluding hydrogens is 604 g/mol. The molecule has 2 heterocycles. The minimum absolute atomic E-state index is 0. The van der Waals surface area contributed by atoms with Crippen LogP contribution in [0.4, 0.5) is 11.9 Å². The second-order valence-corrected chi connectivity index (χ2v) is 11.4. The topological polar surface area (TPSA) is 212 Å². The van der Waals surface area contributed by atoms with Crippen LogP contribution in [0.2, 0.25) is 0 Å². The lowest BCUT2D eigenvalue weighted by Gasteiger charge is -2.07. The summed E-state index contributed by atoms with van der Waals surface area (Å²) >= 11 is 0. The van der Waals surface area contributed by atoms with Gasteiger partial charge in [0.25, 0.3) is 20.0 Å². The van der Waals surface area contributed by atoms with Gasteiger partial charge in [-0.1, -0.05) is 36.4 Å². The standard InChI is InChI=1S/2C13H15N3O4S.H2O/c2*1-19-7-8-20-11-9-14-13(15-10-11)16-21(17,18)12-5-3-2-4-6-12;/h2*2-6,9-10H,7-8H2,1H3,(H,14,15,16);1H2. The van der Waals surface area contributed by atoms with Gasteiger partial charge in [-0.2, -0.15) is 0 Å². The third kappa shape index (κ3) is 11.8. The van der Waals surface area contributed by atoms with Crippen LogP contribution >= 0.6 is 0 Å². The third-order valence-electron chi connectivity index (χ3n) is 4.93. The van der Waals surface area contributed by atoms with Crippen LogP contribution in [0.1, 0.15) is 0 Å². The van der Waals surface area contributed by atoms with Crippen LogP contribution in [0.15, 0.2) is 95.2 Å². The molecule has 0 saturated carbocycles. The maximum absolute atomic E-state index is 12.1. The van der Waals surface area contributed by atoms with Crippen LogP contribution in [0.3, 0.4) is 0 Å². The molecule has 4 aromatic rings. The highest BCUT2D eigenvalue weighted by Crippen LogP contribution is 2.15. The van der Waals surface area contributed by atoms with Gasteiger partial charge in [-0.15, -0.1) is 0 Å². The van der Waals surface area contributed by atoms with Crippen molar-refractivity contribution in [2.45, 2.75) is 9.79 Å². The van der Waals surface area contributed by atoms with Crippen molar-refractivity contribution >= 4 is 31.9 Å². The van der Waals surface area contributed by atoms with Crippen molar-refractivity contribution in [3.8, 4) is 11.5 Å². The number of anilines is 2. The van der Waals surface area contributed by atoms with Gasteiger partial charge >= 0.3 is 0 Å². The molecule has 232 valence electrons. The van der Waals surface area contributed by atoms with Crippen molar-refractivity contribution in [3.63, 3.8) is 0 Å². The number of nitrogens with one attached hydrogen (secondary N) is 2. The number of hydrogen-bond acceptors (Lipinski definition) is 12. The Morgan fingerprint density at radius 2 is 0.884 bits per heavy atom. The quantitative estimate of drug-likeness (QED) is 0.190. The van der Waals surface area contributed by atoms with Crippen LogP contribution in [-0.4, -0.2) is 82.9 Å². The van der Waals surface area contributed by atoms with E-state index in [2.05, 4.69) is 29.4 Å². The molecular formula is C26H32N6O9S2. The smallest absolute Gasteiger partial charge is 0.264 e. The zero-order valence-electron chi connectivity index (χ0n) is 23.3. The van der Waals surface area contributed by atoms with Crippen molar-refractivity contribution in [1.82, 2.24) is 19.9 Å². The first-order valence-electron chi connectivity index (χ1n) is 12.3. The fourth-order valence-electron chi connectivity index (χ4n) is 2.93. The van der Waals surface area contributed by atoms with Gasteiger partial charge in [0.05, 0.1) is 47.8 Å². The highest BCUT2D eigenvalue weighted by molar-refractivity contribution is 7.93. The fourth-order valence-corrected chi connectivity index (χ4v) is 4.89. The maximum Gasteiger partial charge on any atom is 0.264 e. The van der Waals surface area contributed by atoms with E-state index in [4.69, 9.17) is 18.9 Å². The number of benzene rings is 2. The number of aromatic nitrogens is 4. The second kappa shape index (κ2) is 17.5. The predicted molar refractivity (Wildman–Crippen MR) is 157 cm³/mol. The molecule has 0 unspecified atom stereocenters. The lowest BCUT2D eigenvalue weighted by atomic mass is 10.4. The van der Waals surface area contributed by atoms with E-state index in [1.54, 1.807) is 50.6 Å². The zero-order valence-corrected chi connectivity index (χ0v) is 24.9. The summed E-state index contributed by atoms with van der Waals surface area (Å²) in [4.78, 5) is 15.9. The van der Waals surface area contributed by atoms with Crippen LogP contribution in [0.25, 0.3) is 0 Å². The average Bonchev–Trinajstić information content (AvgIpc) is 3.00. The molecule has 0 bridgehead atoms. The minimum Gasteiger partial charge on any atom is -0.488 e. The molecule has 2 aromatic carbocycles. The Kier molecular flexibility index (Phi) is 14.2. The number of ether oxygens (including phenoxy) is 4. The van der Waals surface area contributed by atoms with E-state index in [1.807, 2.05) is 0 Å². The molecule has 4 rings (SSSR count). The molecule has 2 aromatic heterocycles. The largest absolute Gasteiger partial charge is 0.488 e. The minimum atomic E-state index is -3.68. The van der Waals surface area contributed by atoms with E-state index in [0.29, 0.717) is 37.9 Å². The van der Waals surface area contributed by atoms with Crippen molar-refractivity contribution in [2.75, 3.05) is 50.1 Å². The fraction of sp³-hybridized carbons (Fsp3) is 0.231. The first-order chi connectivity index (χ1) is 20.2. The molecule has 0 saturated heterocycles. The molecule has 0 atom stereocenters. The van der Waals surface area contributed by atoms with E-state index in [-0.39, 0.29) is 27.2 Å². The summed E-state index contributed by atoms with van der Waals surface area (Å²) < 4.78 is 73.1. The molecule has 43 heavy (non-hydrogen) atoms. The first kappa shape index (κ1) is 34.8. The summed E-state index contributed by atoms with van der Waals surface area (Å²) in [5.74, 6) is 0.848. The highest BCUT2D eigenvalue weighted by atomic mass is 32.2. The average molecular weight is 637 g/mol. The number of hydrogen-bond donors (Lipinski definition) is 2. The lowest BCUT2D eigenvalue weighted by Crippen LogP contribution is -2.15. The normalized spacial score (nSPS) is 10.8. The van der Waals surface area contributed by atoms with Crippen molar-refractivity contribution < 1.29 is 41.3 Å². The molecule has 0 aliphatic heterocycles. The van der Waals surface area contributed by atoms with Gasteiger partial charge < -0.3 is 24.4 Å². The predicted octanol–water partition coefficient (Wildman–Crippen LogP) is 1.78. The Morgan fingerprint density at radius 3 is 1.19 bits per heavy atom. The van der Waals surface area contributed by atoms with Crippen molar-refractivity contribution in [1.29, 1.82) is 0 Å². The first-order valence-corrected chi connectivity index (χ1v) is 15.2. The number of methoxy groups -OCH3 is 2. The van der Waals surface area contributed by atoms with Gasteiger partial charge in [-0.05, 0) is 24.3 Å². The monoisotopic (exact) mass is 636 g/mol. The van der Waals surface area contributed by atoms with E-state index in [0.717, 1.165) is 0 Å². The van der Waals surface area contributed by atoms with Crippen molar-refractivity contribution in [3.05, 3.63) is 85.5 Å². The summed E-state index contributed by atoms with van der Waals surface area (Å²) in [6.07, 6.45) is 5.58. The third-order valence-corrected chi connectivity index (χ3v) is 7.62. The molecule has 0 aliphatic rings. The van der Waals surface area contributed by atoms with Crippen LogP contribution in [0.5, 0.6) is 11.5 Å². The second-order valence-electron chi connectivity index (χ2n) is 8.00. The van der Waals surface area contributed by atoms with E-state index in [1.165, 1.54) is 49.1 Å². The van der Waals surface area contributed by atoms with Gasteiger partial charge in [-0.25, -0.2) is 46.2 Å². The van der Waals surface area contributed by atoms with E-state index in [9.17, 15) is 16.8 Å². The summed E-state index contributed by atoms with van der Waals surface area (Å²) in [6.45, 7) is 1.63. The van der Waals surface area contributed by atoms with Gasteiger partial charge in [-0.3, -0.25) is 0 Å². The molecule has 17 heteroatoms. The molecule has 0 amide bonds. The number of rotatable bonds is 14. The summed E-state index contributed by atoms with van der Waals surface area (Å²) in [5, 5.41) is 0. The Balaban J connectivity index is 0.000000293. The lowest BCUT2D eigenvalue weighted by molar-refractivity contribution is 0.146. The van der Waals surface area contributed by atoms with Crippen LogP contribution in [0, 0.1) is 0 Å². The van der Waals surface area contributed by atoms with E-state index < -0.39 is 20.0 Å². The van der Waals surface area contributed by atoms with Gasteiger partial charge in [0.2, 0.25) is 11.9 Å².